The SMILES string of the molecule is CNC(C1=CCCC1)C(F)(F)C(F)F. The lowest BCUT2D eigenvalue weighted by molar-refractivity contribution is -0.142. The van der Waals surface area contributed by atoms with Crippen molar-refractivity contribution in [3.63, 3.8) is 0 Å². The van der Waals surface area contributed by atoms with Crippen molar-refractivity contribution >= 4 is 0 Å². The number of halogens is 4. The highest BCUT2D eigenvalue weighted by Gasteiger charge is 2.49. The van der Waals surface area contributed by atoms with Gasteiger partial charge in [-0.3, -0.25) is 0 Å². The maximum absolute atomic E-state index is 13.0. The highest BCUT2D eigenvalue weighted by atomic mass is 19.3. The van der Waals surface area contributed by atoms with Gasteiger partial charge in [0.25, 0.3) is 0 Å². The Hall–Kier alpha value is -0.580. The monoisotopic (exact) mass is 211 g/mol. The van der Waals surface area contributed by atoms with E-state index in [2.05, 4.69) is 5.32 Å². The van der Waals surface area contributed by atoms with E-state index < -0.39 is 18.4 Å². The van der Waals surface area contributed by atoms with Crippen molar-refractivity contribution in [2.75, 3.05) is 7.05 Å². The Bertz CT molecular complexity index is 225. The molecule has 1 aliphatic rings. The molecule has 0 radical (unpaired) electrons. The van der Waals surface area contributed by atoms with E-state index in [0.29, 0.717) is 18.4 Å². The third-order valence-corrected chi connectivity index (χ3v) is 2.41. The average molecular weight is 211 g/mol. The largest absolute Gasteiger partial charge is 0.326 e. The van der Waals surface area contributed by atoms with Crippen LogP contribution in [0.25, 0.3) is 0 Å². The summed E-state index contributed by atoms with van der Waals surface area (Å²) in [5.41, 5.74) is 0.401. The van der Waals surface area contributed by atoms with E-state index in [1.165, 1.54) is 7.05 Å². The molecular formula is C9H13F4N. The maximum atomic E-state index is 13.0. The van der Waals surface area contributed by atoms with Gasteiger partial charge in [-0.2, -0.15) is 8.78 Å². The fourth-order valence-corrected chi connectivity index (χ4v) is 1.71. The van der Waals surface area contributed by atoms with Gasteiger partial charge in [0.1, 0.15) is 0 Å². The molecular weight excluding hydrogens is 198 g/mol. The number of likely N-dealkylation sites (N-methyl/N-ethyl adjacent to an activating group) is 1. The molecule has 0 aromatic heterocycles. The average Bonchev–Trinajstić information content (AvgIpc) is 2.57. The summed E-state index contributed by atoms with van der Waals surface area (Å²) >= 11 is 0. The summed E-state index contributed by atoms with van der Waals surface area (Å²) in [6.07, 6.45) is -0.0493. The predicted molar refractivity (Wildman–Crippen MR) is 45.7 cm³/mol. The molecule has 82 valence electrons. The van der Waals surface area contributed by atoms with E-state index in [0.717, 1.165) is 6.42 Å². The normalized spacial score (nSPS) is 20.0. The van der Waals surface area contributed by atoms with E-state index in [9.17, 15) is 17.6 Å². The Morgan fingerprint density at radius 1 is 1.43 bits per heavy atom. The molecule has 1 unspecified atom stereocenters. The van der Waals surface area contributed by atoms with Crippen LogP contribution in [0.1, 0.15) is 19.3 Å². The zero-order chi connectivity index (χ0) is 10.8. The van der Waals surface area contributed by atoms with Crippen LogP contribution in [0.2, 0.25) is 0 Å². The quantitative estimate of drug-likeness (QED) is 0.556. The Morgan fingerprint density at radius 3 is 2.43 bits per heavy atom. The summed E-state index contributed by atoms with van der Waals surface area (Å²) in [5, 5.41) is 2.27. The third kappa shape index (κ3) is 2.08. The number of hydrogen-bond donors (Lipinski definition) is 1. The minimum atomic E-state index is -3.98. The molecule has 0 aromatic rings. The first-order valence-corrected chi connectivity index (χ1v) is 4.52. The number of rotatable bonds is 4. The van der Waals surface area contributed by atoms with Crippen molar-refractivity contribution in [3.8, 4) is 0 Å². The van der Waals surface area contributed by atoms with E-state index in [1.54, 1.807) is 6.08 Å². The van der Waals surface area contributed by atoms with Crippen LogP contribution in [0.15, 0.2) is 11.6 Å². The van der Waals surface area contributed by atoms with Crippen LogP contribution >= 0.6 is 0 Å². The molecule has 1 N–H and O–H groups in total. The second-order valence-electron chi connectivity index (χ2n) is 3.37. The fourth-order valence-electron chi connectivity index (χ4n) is 1.71. The van der Waals surface area contributed by atoms with Gasteiger partial charge in [0.05, 0.1) is 6.04 Å². The first-order chi connectivity index (χ1) is 6.50. The smallest absolute Gasteiger partial charge is 0.308 e. The van der Waals surface area contributed by atoms with Crippen molar-refractivity contribution in [1.82, 2.24) is 5.32 Å². The molecule has 0 amide bonds. The lowest BCUT2D eigenvalue weighted by Gasteiger charge is -2.26. The highest BCUT2D eigenvalue weighted by molar-refractivity contribution is 5.19. The summed E-state index contributed by atoms with van der Waals surface area (Å²) in [7, 11) is 1.28. The van der Waals surface area contributed by atoms with Crippen LogP contribution in [-0.4, -0.2) is 25.4 Å². The molecule has 1 nitrogen and oxygen atoms in total. The molecule has 0 spiro atoms. The van der Waals surface area contributed by atoms with Crippen molar-refractivity contribution in [2.24, 2.45) is 0 Å². The van der Waals surface area contributed by atoms with Gasteiger partial charge in [-0.15, -0.1) is 0 Å². The Kier molecular flexibility index (Phi) is 3.53. The third-order valence-electron chi connectivity index (χ3n) is 2.41. The van der Waals surface area contributed by atoms with Crippen LogP contribution in [-0.2, 0) is 0 Å². The minimum Gasteiger partial charge on any atom is -0.308 e. The Labute approximate surface area is 80.2 Å². The Morgan fingerprint density at radius 2 is 2.07 bits per heavy atom. The molecule has 1 aliphatic carbocycles. The van der Waals surface area contributed by atoms with Crippen LogP contribution < -0.4 is 5.32 Å². The predicted octanol–water partition coefficient (Wildman–Crippen LogP) is 2.59. The van der Waals surface area contributed by atoms with Gasteiger partial charge in [0, 0.05) is 0 Å². The van der Waals surface area contributed by atoms with Crippen molar-refractivity contribution < 1.29 is 17.6 Å². The lowest BCUT2D eigenvalue weighted by Crippen LogP contribution is -2.49. The number of hydrogen-bond acceptors (Lipinski definition) is 1. The molecule has 0 fully saturated rings. The van der Waals surface area contributed by atoms with Crippen LogP contribution in [0, 0.1) is 0 Å². The van der Waals surface area contributed by atoms with Gasteiger partial charge in [-0.25, -0.2) is 8.78 Å². The molecule has 0 saturated heterocycles. The van der Waals surface area contributed by atoms with Gasteiger partial charge in [-0.05, 0) is 26.3 Å². The molecule has 1 atom stereocenters. The molecule has 14 heavy (non-hydrogen) atoms. The van der Waals surface area contributed by atoms with Gasteiger partial charge >= 0.3 is 12.3 Å². The second kappa shape index (κ2) is 4.29. The van der Waals surface area contributed by atoms with Gasteiger partial charge in [0.2, 0.25) is 0 Å². The zero-order valence-electron chi connectivity index (χ0n) is 7.87. The lowest BCUT2D eigenvalue weighted by atomic mass is 10.0. The minimum absolute atomic E-state index is 0.401. The van der Waals surface area contributed by atoms with Gasteiger partial charge in [-0.1, -0.05) is 11.6 Å². The first kappa shape index (κ1) is 11.5. The van der Waals surface area contributed by atoms with Gasteiger partial charge in [0.15, 0.2) is 0 Å². The number of nitrogens with one attached hydrogen (secondary N) is 1. The molecule has 0 heterocycles. The Balaban J connectivity index is 2.79. The maximum Gasteiger partial charge on any atom is 0.326 e. The van der Waals surface area contributed by atoms with Crippen molar-refractivity contribution in [3.05, 3.63) is 11.6 Å². The standard InChI is InChI=1S/C9H13F4N/c1-14-7(6-4-2-3-5-6)9(12,13)8(10)11/h4,7-8,14H,2-3,5H2,1H3. The summed E-state index contributed by atoms with van der Waals surface area (Å²) < 4.78 is 50.2. The fraction of sp³-hybridized carbons (Fsp3) is 0.778. The number of alkyl halides is 4. The van der Waals surface area contributed by atoms with Crippen molar-refractivity contribution in [1.29, 1.82) is 0 Å². The van der Waals surface area contributed by atoms with E-state index in [1.807, 2.05) is 0 Å². The topological polar surface area (TPSA) is 12.0 Å². The van der Waals surface area contributed by atoms with Gasteiger partial charge < -0.3 is 5.32 Å². The van der Waals surface area contributed by atoms with Crippen LogP contribution in [0.5, 0.6) is 0 Å². The molecule has 0 aromatic carbocycles. The summed E-state index contributed by atoms with van der Waals surface area (Å²) in [5.74, 6) is -3.98. The van der Waals surface area contributed by atoms with E-state index in [4.69, 9.17) is 0 Å². The van der Waals surface area contributed by atoms with Crippen molar-refractivity contribution in [2.45, 2.75) is 37.7 Å². The number of allylic oxidation sites excluding steroid dienone is 1. The molecule has 0 bridgehead atoms. The molecule has 0 saturated carbocycles. The van der Waals surface area contributed by atoms with E-state index >= 15 is 0 Å². The molecule has 5 heteroatoms. The summed E-state index contributed by atoms with van der Waals surface area (Å²) in [6.45, 7) is 0. The first-order valence-electron chi connectivity index (χ1n) is 4.52. The highest BCUT2D eigenvalue weighted by Crippen LogP contribution is 2.34. The summed E-state index contributed by atoms with van der Waals surface area (Å²) in [6, 6.07) is -1.52. The zero-order valence-corrected chi connectivity index (χ0v) is 7.87. The second-order valence-corrected chi connectivity index (χ2v) is 3.37. The molecule has 1 rings (SSSR count). The molecule has 0 aliphatic heterocycles. The van der Waals surface area contributed by atoms with Crippen LogP contribution in [0.3, 0.4) is 0 Å². The summed E-state index contributed by atoms with van der Waals surface area (Å²) in [4.78, 5) is 0. The van der Waals surface area contributed by atoms with E-state index in [-0.39, 0.29) is 0 Å². The van der Waals surface area contributed by atoms with Crippen LogP contribution in [0.4, 0.5) is 17.6 Å².